The van der Waals surface area contributed by atoms with E-state index >= 15 is 0 Å². The van der Waals surface area contributed by atoms with E-state index in [9.17, 15) is 0 Å². The largest absolute Gasteiger partial charge is 0.457 e. The summed E-state index contributed by atoms with van der Waals surface area (Å²) in [6.07, 6.45) is 16.3. The third kappa shape index (κ3) is 4.23. The van der Waals surface area contributed by atoms with E-state index in [2.05, 4.69) is 85.0 Å². The van der Waals surface area contributed by atoms with Gasteiger partial charge in [-0.15, -0.1) is 0 Å². The molecule has 2 aromatic carbocycles. The fraction of sp³-hybridized carbons (Fsp3) is 0.371. The molecule has 4 aliphatic carbocycles. The summed E-state index contributed by atoms with van der Waals surface area (Å²) in [4.78, 5) is 0. The van der Waals surface area contributed by atoms with Gasteiger partial charge in [0.25, 0.3) is 0 Å². The van der Waals surface area contributed by atoms with Crippen LogP contribution in [0.4, 0.5) is 0 Å². The Hall–Kier alpha value is -3.06. The molecule has 1 saturated carbocycles. The molecule has 2 aromatic rings. The molecule has 1 fully saturated rings. The topological polar surface area (TPSA) is 9.23 Å². The molecule has 5 aliphatic rings. The molecule has 0 aromatic heterocycles. The molecule has 0 bridgehead atoms. The maximum atomic E-state index is 6.44. The fourth-order valence-corrected chi connectivity index (χ4v) is 5.70. The van der Waals surface area contributed by atoms with Crippen LogP contribution in [0.5, 0.6) is 5.75 Å². The number of hydrogen-bond acceptors (Lipinski definition) is 1. The lowest BCUT2D eigenvalue weighted by Gasteiger charge is -2.41. The Bertz CT molecular complexity index is 1200. The van der Waals surface area contributed by atoms with Crippen LogP contribution in [0, 0.1) is 11.8 Å². The van der Waals surface area contributed by atoms with Gasteiger partial charge in [-0.3, -0.25) is 0 Å². The number of ether oxygens (including phenoxy) is 1. The molecule has 0 amide bonds. The average Bonchev–Trinajstić information content (AvgIpc) is 3.74. The zero-order valence-electron chi connectivity index (χ0n) is 23.6. The first-order valence-electron chi connectivity index (χ1n) is 14.3. The molecular weight excluding hydrogens is 436 g/mol. The van der Waals surface area contributed by atoms with Gasteiger partial charge in [-0.2, -0.15) is 0 Å². The Kier molecular flexibility index (Phi) is 9.37. The van der Waals surface area contributed by atoms with Gasteiger partial charge in [0.1, 0.15) is 11.5 Å². The van der Waals surface area contributed by atoms with E-state index in [1.165, 1.54) is 39.8 Å². The third-order valence-electron chi connectivity index (χ3n) is 6.99. The molecular formula is C35H44O. The van der Waals surface area contributed by atoms with E-state index in [1.54, 1.807) is 0 Å². The number of hydrogen-bond donors (Lipinski definition) is 0. The molecule has 1 nitrogen and oxygen atoms in total. The van der Waals surface area contributed by atoms with Crippen molar-refractivity contribution in [2.45, 2.75) is 73.6 Å². The van der Waals surface area contributed by atoms with Gasteiger partial charge in [0.2, 0.25) is 0 Å². The fourth-order valence-electron chi connectivity index (χ4n) is 5.70. The first-order chi connectivity index (χ1) is 17.9. The van der Waals surface area contributed by atoms with Crippen molar-refractivity contribution < 1.29 is 4.74 Å². The van der Waals surface area contributed by atoms with Crippen LogP contribution in [0.3, 0.4) is 0 Å². The van der Waals surface area contributed by atoms with Crippen LogP contribution in [-0.4, -0.2) is 0 Å². The summed E-state index contributed by atoms with van der Waals surface area (Å²) >= 11 is 0. The quantitative estimate of drug-likeness (QED) is 0.364. The van der Waals surface area contributed by atoms with Crippen molar-refractivity contribution in [3.05, 3.63) is 119 Å². The first-order valence-corrected chi connectivity index (χ1v) is 14.3. The lowest BCUT2D eigenvalue weighted by atomic mass is 9.64. The predicted octanol–water partition coefficient (Wildman–Crippen LogP) is 10.2. The minimum Gasteiger partial charge on any atom is -0.457 e. The normalized spacial score (nSPS) is 24.2. The smallest absolute Gasteiger partial charge is 0.132 e. The molecule has 1 aliphatic heterocycles. The van der Waals surface area contributed by atoms with Crippen molar-refractivity contribution in [2.75, 3.05) is 0 Å². The Morgan fingerprint density at radius 1 is 0.722 bits per heavy atom. The van der Waals surface area contributed by atoms with Crippen LogP contribution in [0.1, 0.15) is 84.9 Å². The summed E-state index contributed by atoms with van der Waals surface area (Å²) in [5.74, 6) is 3.44. The van der Waals surface area contributed by atoms with Crippen LogP contribution in [0.15, 0.2) is 102 Å². The molecule has 0 N–H and O–H groups in total. The molecule has 1 heteroatoms. The van der Waals surface area contributed by atoms with Crippen LogP contribution >= 0.6 is 0 Å². The Balaban J connectivity index is 0.000000415. The summed E-state index contributed by atoms with van der Waals surface area (Å²) in [6.45, 7) is 16.0. The highest BCUT2D eigenvalue weighted by Crippen LogP contribution is 2.65. The predicted molar refractivity (Wildman–Crippen MR) is 157 cm³/mol. The van der Waals surface area contributed by atoms with Crippen molar-refractivity contribution in [3.8, 4) is 5.75 Å². The van der Waals surface area contributed by atoms with Crippen molar-refractivity contribution in [1.29, 1.82) is 0 Å². The van der Waals surface area contributed by atoms with E-state index in [-0.39, 0.29) is 5.41 Å². The number of rotatable bonds is 0. The molecule has 190 valence electrons. The van der Waals surface area contributed by atoms with Gasteiger partial charge in [0.05, 0.1) is 5.41 Å². The van der Waals surface area contributed by atoms with Gasteiger partial charge in [-0.25, -0.2) is 0 Å². The zero-order valence-corrected chi connectivity index (χ0v) is 23.6. The number of para-hydroxylation sites is 1. The third-order valence-corrected chi connectivity index (χ3v) is 6.99. The lowest BCUT2D eigenvalue weighted by molar-refractivity contribution is 0.388. The first kappa shape index (κ1) is 27.5. The second kappa shape index (κ2) is 12.3. The molecule has 1 heterocycles. The maximum absolute atomic E-state index is 6.44. The number of benzene rings is 2. The van der Waals surface area contributed by atoms with Crippen molar-refractivity contribution in [3.63, 3.8) is 0 Å². The standard InChI is InChI=1S/C27H20O.4C2H6/c1-2-10-22-25(12-3-1)28-26-13-7-6-11-23(26)27(22)21-9-5-4-8-19(21)20-15-17-14-18(17)16-24(20)27;4*1-2/h1-2,4-13,15-18H,3,14H2;4*1-2H3. The highest BCUT2D eigenvalue weighted by molar-refractivity contribution is 5.96. The van der Waals surface area contributed by atoms with E-state index in [4.69, 9.17) is 4.74 Å². The molecule has 3 unspecified atom stereocenters. The van der Waals surface area contributed by atoms with E-state index in [0.29, 0.717) is 5.92 Å². The SMILES string of the molecule is C1=CCC=C2Oc3ccccc3C3(C2=C1)C1=CC2CC2C=C1c1ccccc13.CC.CC.CC.CC. The van der Waals surface area contributed by atoms with E-state index in [1.807, 2.05) is 55.4 Å². The zero-order chi connectivity index (χ0) is 26.3. The molecule has 1 spiro atoms. The molecule has 0 radical (unpaired) electrons. The van der Waals surface area contributed by atoms with Gasteiger partial charge < -0.3 is 4.74 Å². The minimum atomic E-state index is -0.272. The monoisotopic (exact) mass is 480 g/mol. The van der Waals surface area contributed by atoms with Gasteiger partial charge in [-0.05, 0) is 59.1 Å². The number of fused-ring (bicyclic) bond motifs is 10. The lowest BCUT2D eigenvalue weighted by Crippen LogP contribution is -2.35. The van der Waals surface area contributed by atoms with Crippen LogP contribution in [-0.2, 0) is 5.41 Å². The van der Waals surface area contributed by atoms with Gasteiger partial charge in [0.15, 0.2) is 0 Å². The highest BCUT2D eigenvalue weighted by atomic mass is 16.5. The summed E-state index contributed by atoms with van der Waals surface area (Å²) in [6, 6.07) is 17.6. The van der Waals surface area contributed by atoms with Crippen molar-refractivity contribution >= 4 is 5.57 Å². The summed E-state index contributed by atoms with van der Waals surface area (Å²) in [7, 11) is 0. The second-order valence-electron chi connectivity index (χ2n) is 8.43. The number of allylic oxidation sites excluding steroid dienone is 9. The molecule has 7 rings (SSSR count). The van der Waals surface area contributed by atoms with Crippen LogP contribution in [0.25, 0.3) is 5.57 Å². The Morgan fingerprint density at radius 2 is 1.36 bits per heavy atom. The van der Waals surface area contributed by atoms with Crippen LogP contribution in [0.2, 0.25) is 0 Å². The molecule has 0 saturated heterocycles. The summed E-state index contributed by atoms with van der Waals surface area (Å²) in [5.41, 5.74) is 7.98. The Morgan fingerprint density at radius 3 is 2.11 bits per heavy atom. The van der Waals surface area contributed by atoms with Gasteiger partial charge in [-0.1, -0.05) is 128 Å². The summed E-state index contributed by atoms with van der Waals surface area (Å²) in [5, 5.41) is 0. The average molecular weight is 481 g/mol. The van der Waals surface area contributed by atoms with Crippen LogP contribution < -0.4 is 4.74 Å². The van der Waals surface area contributed by atoms with Crippen molar-refractivity contribution in [1.82, 2.24) is 0 Å². The van der Waals surface area contributed by atoms with Gasteiger partial charge in [0, 0.05) is 11.1 Å². The Labute approximate surface area is 220 Å². The van der Waals surface area contributed by atoms with Crippen molar-refractivity contribution in [2.24, 2.45) is 11.8 Å². The molecule has 36 heavy (non-hydrogen) atoms. The van der Waals surface area contributed by atoms with E-state index < -0.39 is 0 Å². The second-order valence-corrected chi connectivity index (χ2v) is 8.43. The maximum Gasteiger partial charge on any atom is 0.132 e. The summed E-state index contributed by atoms with van der Waals surface area (Å²) < 4.78 is 6.44. The van der Waals surface area contributed by atoms with Gasteiger partial charge >= 0.3 is 0 Å². The minimum absolute atomic E-state index is 0.272. The van der Waals surface area contributed by atoms with E-state index in [0.717, 1.165) is 23.8 Å². The molecule has 3 atom stereocenters. The highest BCUT2D eigenvalue weighted by Gasteiger charge is 2.56.